The van der Waals surface area contributed by atoms with Gasteiger partial charge in [0.2, 0.25) is 0 Å². The molecule has 17 heavy (non-hydrogen) atoms. The third-order valence-electron chi connectivity index (χ3n) is 2.24. The van der Waals surface area contributed by atoms with Crippen molar-refractivity contribution in [2.45, 2.75) is 13.3 Å². The highest BCUT2D eigenvalue weighted by Gasteiger charge is 2.08. The third-order valence-corrected chi connectivity index (χ3v) is 4.04. The van der Waals surface area contributed by atoms with Crippen molar-refractivity contribution in [3.05, 3.63) is 39.3 Å². The van der Waals surface area contributed by atoms with Crippen LogP contribution in [0, 0.1) is 0 Å². The Labute approximate surface area is 113 Å². The molecule has 0 radical (unpaired) electrons. The summed E-state index contributed by atoms with van der Waals surface area (Å²) in [5.74, 6) is 0.901. The van der Waals surface area contributed by atoms with Gasteiger partial charge in [0.05, 0.1) is 6.61 Å². The predicted octanol–water partition coefficient (Wildman–Crippen LogP) is 3.48. The first-order chi connectivity index (χ1) is 8.19. The van der Waals surface area contributed by atoms with E-state index in [1.165, 1.54) is 16.9 Å². The Morgan fingerprint density at radius 1 is 1.47 bits per heavy atom. The maximum absolute atomic E-state index is 5.66. The normalized spacial score (nSPS) is 10.5. The molecule has 1 aromatic heterocycles. The van der Waals surface area contributed by atoms with Gasteiger partial charge < -0.3 is 10.5 Å². The van der Waals surface area contributed by atoms with Gasteiger partial charge in [-0.25, -0.2) is 4.98 Å². The zero-order valence-corrected chi connectivity index (χ0v) is 11.8. The molecule has 0 bridgehead atoms. The molecule has 2 rings (SSSR count). The highest BCUT2D eigenvalue weighted by molar-refractivity contribution is 9.10. The summed E-state index contributed by atoms with van der Waals surface area (Å²) < 4.78 is 6.31. The number of thiazole rings is 1. The number of nitrogens with zero attached hydrogens (tertiary/aromatic N) is 1. The van der Waals surface area contributed by atoms with Crippen molar-refractivity contribution >= 4 is 32.4 Å². The van der Waals surface area contributed by atoms with E-state index in [0.29, 0.717) is 11.7 Å². The van der Waals surface area contributed by atoms with Crippen molar-refractivity contribution in [2.24, 2.45) is 0 Å². The number of aromatic nitrogens is 1. The molecule has 3 nitrogen and oxygen atoms in total. The van der Waals surface area contributed by atoms with Crippen LogP contribution in [-0.2, 0) is 6.42 Å². The molecule has 0 unspecified atom stereocenters. The van der Waals surface area contributed by atoms with Crippen molar-refractivity contribution in [3.63, 3.8) is 0 Å². The third kappa shape index (κ3) is 3.20. The lowest BCUT2D eigenvalue weighted by Gasteiger charge is -2.05. The van der Waals surface area contributed by atoms with E-state index < -0.39 is 0 Å². The van der Waals surface area contributed by atoms with Crippen LogP contribution in [0.15, 0.2) is 28.9 Å². The highest BCUT2D eigenvalue weighted by Crippen LogP contribution is 2.28. The first-order valence-electron chi connectivity index (χ1n) is 5.31. The molecule has 0 atom stereocenters. The average molecular weight is 313 g/mol. The summed E-state index contributed by atoms with van der Waals surface area (Å²) in [6.07, 6.45) is 0.816. The Kier molecular flexibility index (Phi) is 4.02. The fraction of sp³-hybridized carbons (Fsp3) is 0.250. The molecule has 2 aromatic rings. The smallest absolute Gasteiger partial charge is 0.181 e. The lowest BCUT2D eigenvalue weighted by atomic mass is 10.1. The molecule has 0 aliphatic heterocycles. The molecule has 2 N–H and O–H groups in total. The second kappa shape index (κ2) is 5.51. The number of halogens is 1. The van der Waals surface area contributed by atoms with Crippen LogP contribution in [0.1, 0.15) is 17.4 Å². The lowest BCUT2D eigenvalue weighted by molar-refractivity contribution is 0.340. The van der Waals surface area contributed by atoms with Crippen molar-refractivity contribution in [3.8, 4) is 5.75 Å². The number of hydrogen-bond acceptors (Lipinski definition) is 4. The van der Waals surface area contributed by atoms with E-state index in [1.54, 1.807) is 0 Å². The van der Waals surface area contributed by atoms with Gasteiger partial charge in [0, 0.05) is 11.3 Å². The molecule has 0 spiro atoms. The van der Waals surface area contributed by atoms with Gasteiger partial charge >= 0.3 is 0 Å². The lowest BCUT2D eigenvalue weighted by Crippen LogP contribution is -1.93. The topological polar surface area (TPSA) is 48.1 Å². The number of ether oxygens (including phenoxy) is 1. The van der Waals surface area contributed by atoms with Gasteiger partial charge in [-0.05, 0) is 40.5 Å². The summed E-state index contributed by atoms with van der Waals surface area (Å²) in [6.45, 7) is 2.66. The Morgan fingerprint density at radius 3 is 2.94 bits per heavy atom. The van der Waals surface area contributed by atoms with Crippen molar-refractivity contribution in [1.29, 1.82) is 0 Å². The molecule has 0 aliphatic rings. The summed E-state index contributed by atoms with van der Waals surface area (Å²) in [4.78, 5) is 5.28. The molecular weight excluding hydrogens is 300 g/mol. The van der Waals surface area contributed by atoms with Gasteiger partial charge in [-0.3, -0.25) is 0 Å². The van der Waals surface area contributed by atoms with Crippen LogP contribution >= 0.6 is 27.3 Å². The second-order valence-electron chi connectivity index (χ2n) is 3.52. The molecule has 90 valence electrons. The number of rotatable bonds is 4. The van der Waals surface area contributed by atoms with E-state index in [-0.39, 0.29) is 0 Å². The molecule has 0 aliphatic carbocycles. The fourth-order valence-electron chi connectivity index (χ4n) is 1.56. The zero-order chi connectivity index (χ0) is 12.3. The first-order valence-corrected chi connectivity index (χ1v) is 6.92. The van der Waals surface area contributed by atoms with Crippen molar-refractivity contribution < 1.29 is 4.74 Å². The molecule has 5 heteroatoms. The molecule has 0 saturated carbocycles. The zero-order valence-electron chi connectivity index (χ0n) is 9.44. The minimum absolute atomic E-state index is 0.591. The van der Waals surface area contributed by atoms with E-state index in [0.717, 1.165) is 21.7 Å². The summed E-state index contributed by atoms with van der Waals surface area (Å²) in [7, 11) is 0. The number of nitrogens with two attached hydrogens (primary N) is 1. The predicted molar refractivity (Wildman–Crippen MR) is 74.6 cm³/mol. The number of anilines is 1. The Morgan fingerprint density at radius 2 is 2.29 bits per heavy atom. The Bertz CT molecular complexity index is 513. The van der Waals surface area contributed by atoms with Gasteiger partial charge in [0.25, 0.3) is 0 Å². The van der Waals surface area contributed by atoms with E-state index >= 15 is 0 Å². The van der Waals surface area contributed by atoms with Crippen molar-refractivity contribution in [1.82, 2.24) is 4.98 Å². The molecule has 1 aromatic carbocycles. The average Bonchev–Trinajstić information content (AvgIpc) is 2.58. The molecule has 0 saturated heterocycles. The fourth-order valence-corrected chi connectivity index (χ4v) is 3.01. The van der Waals surface area contributed by atoms with Gasteiger partial charge in [0.15, 0.2) is 5.13 Å². The van der Waals surface area contributed by atoms with Crippen LogP contribution in [0.4, 0.5) is 5.13 Å². The minimum atomic E-state index is 0.591. The summed E-state index contributed by atoms with van der Waals surface area (Å²) in [5, 5.41) is 0.591. The van der Waals surface area contributed by atoms with Gasteiger partial charge in [-0.2, -0.15) is 0 Å². The van der Waals surface area contributed by atoms with Crippen LogP contribution in [0.25, 0.3) is 0 Å². The van der Waals surface area contributed by atoms with Crippen LogP contribution in [-0.4, -0.2) is 11.6 Å². The highest BCUT2D eigenvalue weighted by atomic mass is 79.9. The number of nitrogen functional groups attached to an aromatic ring is 1. The number of hydrogen-bond donors (Lipinski definition) is 1. The summed E-state index contributed by atoms with van der Waals surface area (Å²) in [5.41, 5.74) is 6.86. The quantitative estimate of drug-likeness (QED) is 0.940. The SMILES string of the molecule is CCOc1cccc(Cc2sc(N)nc2Br)c1. The molecule has 0 fully saturated rings. The van der Waals surface area contributed by atoms with Gasteiger partial charge in [0.1, 0.15) is 10.4 Å². The number of benzene rings is 1. The Balaban J connectivity index is 2.18. The first kappa shape index (κ1) is 12.4. The van der Waals surface area contributed by atoms with Crippen LogP contribution in [0.5, 0.6) is 5.75 Å². The summed E-state index contributed by atoms with van der Waals surface area (Å²) in [6, 6.07) is 8.08. The second-order valence-corrected chi connectivity index (χ2v) is 5.39. The van der Waals surface area contributed by atoms with E-state index in [1.807, 2.05) is 25.1 Å². The molecule has 0 amide bonds. The van der Waals surface area contributed by atoms with Crippen LogP contribution < -0.4 is 10.5 Å². The molecule has 1 heterocycles. The standard InChI is InChI=1S/C12H13BrN2OS/c1-2-16-9-5-3-4-8(6-9)7-10-11(13)15-12(14)17-10/h3-6H,2,7H2,1H3,(H2,14,15). The van der Waals surface area contributed by atoms with E-state index in [9.17, 15) is 0 Å². The summed E-state index contributed by atoms with van der Waals surface area (Å²) >= 11 is 4.92. The van der Waals surface area contributed by atoms with Crippen LogP contribution in [0.2, 0.25) is 0 Å². The van der Waals surface area contributed by atoms with Crippen molar-refractivity contribution in [2.75, 3.05) is 12.3 Å². The Hall–Kier alpha value is -1.07. The molecular formula is C12H13BrN2OS. The maximum Gasteiger partial charge on any atom is 0.181 e. The van der Waals surface area contributed by atoms with Crippen LogP contribution in [0.3, 0.4) is 0 Å². The maximum atomic E-state index is 5.66. The van der Waals surface area contributed by atoms with E-state index in [4.69, 9.17) is 10.5 Å². The minimum Gasteiger partial charge on any atom is -0.494 e. The monoisotopic (exact) mass is 312 g/mol. The largest absolute Gasteiger partial charge is 0.494 e. The van der Waals surface area contributed by atoms with Gasteiger partial charge in [-0.15, -0.1) is 11.3 Å². The van der Waals surface area contributed by atoms with Gasteiger partial charge in [-0.1, -0.05) is 12.1 Å². The van der Waals surface area contributed by atoms with E-state index in [2.05, 4.69) is 27.0 Å².